The summed E-state index contributed by atoms with van der Waals surface area (Å²) < 4.78 is 23.4. The third kappa shape index (κ3) is 4.67. The summed E-state index contributed by atoms with van der Waals surface area (Å²) in [6.45, 7) is -0.416. The lowest BCUT2D eigenvalue weighted by atomic mass is 10.1. The van der Waals surface area contributed by atoms with Gasteiger partial charge < -0.3 is 9.47 Å². The van der Waals surface area contributed by atoms with Gasteiger partial charge in [0.1, 0.15) is 11.6 Å². The maximum atomic E-state index is 13.5. The van der Waals surface area contributed by atoms with Crippen LogP contribution < -0.4 is 4.74 Å². The zero-order chi connectivity index (χ0) is 17.5. The number of esters is 1. The lowest BCUT2D eigenvalue weighted by molar-refractivity contribution is -0.136. The maximum Gasteiger partial charge on any atom is 0.331 e. The van der Waals surface area contributed by atoms with Crippen LogP contribution in [0.2, 0.25) is 5.02 Å². The van der Waals surface area contributed by atoms with Crippen LogP contribution >= 0.6 is 11.6 Å². The fourth-order valence-corrected chi connectivity index (χ4v) is 2.09. The number of methoxy groups -OCH3 is 1. The summed E-state index contributed by atoms with van der Waals surface area (Å²) in [5.41, 5.74) is 0.474. The van der Waals surface area contributed by atoms with Crippen LogP contribution in [0.3, 0.4) is 0 Å². The molecule has 6 heteroatoms. The van der Waals surface area contributed by atoms with E-state index in [1.54, 1.807) is 24.3 Å². The molecule has 0 aromatic heterocycles. The van der Waals surface area contributed by atoms with Gasteiger partial charge in [-0.1, -0.05) is 17.7 Å². The Hall–Kier alpha value is -2.66. The number of benzene rings is 2. The van der Waals surface area contributed by atoms with E-state index in [4.69, 9.17) is 21.1 Å². The summed E-state index contributed by atoms with van der Waals surface area (Å²) in [7, 11) is 1.52. The zero-order valence-electron chi connectivity index (χ0n) is 12.8. The molecule has 0 atom stereocenters. The number of carbonyl (C=O) groups excluding carboxylic acids is 2. The summed E-state index contributed by atoms with van der Waals surface area (Å²) in [6, 6.07) is 10.6. The van der Waals surface area contributed by atoms with Gasteiger partial charge in [-0.25, -0.2) is 9.18 Å². The Labute approximate surface area is 143 Å². The summed E-state index contributed by atoms with van der Waals surface area (Å²) in [4.78, 5) is 23.5. The molecule has 0 unspecified atom stereocenters. The highest BCUT2D eigenvalue weighted by Gasteiger charge is 2.09. The molecule has 0 heterocycles. The van der Waals surface area contributed by atoms with Gasteiger partial charge in [-0.3, -0.25) is 4.79 Å². The Morgan fingerprint density at radius 1 is 1.17 bits per heavy atom. The molecule has 0 amide bonds. The van der Waals surface area contributed by atoms with E-state index < -0.39 is 18.4 Å². The van der Waals surface area contributed by atoms with Crippen molar-refractivity contribution in [3.8, 4) is 5.75 Å². The summed E-state index contributed by atoms with van der Waals surface area (Å²) >= 11 is 5.84. The number of hydrogen-bond acceptors (Lipinski definition) is 4. The van der Waals surface area contributed by atoms with Gasteiger partial charge in [0, 0.05) is 17.2 Å². The molecule has 2 aromatic rings. The predicted molar refractivity (Wildman–Crippen MR) is 88.7 cm³/mol. The number of Topliss-reactive ketones (excluding diaryl/α,β-unsaturated/α-hetero) is 1. The Morgan fingerprint density at radius 3 is 2.50 bits per heavy atom. The number of ether oxygens (including phenoxy) is 2. The molecule has 0 bridgehead atoms. The molecule has 124 valence electrons. The fraction of sp³-hybridized carbons (Fsp3) is 0.111. The van der Waals surface area contributed by atoms with E-state index in [1.165, 1.54) is 31.4 Å². The van der Waals surface area contributed by atoms with Crippen LogP contribution in [0.4, 0.5) is 4.39 Å². The Bertz CT molecular complexity index is 749. The van der Waals surface area contributed by atoms with Crippen molar-refractivity contribution < 1.29 is 23.5 Å². The van der Waals surface area contributed by atoms with Crippen LogP contribution in [-0.4, -0.2) is 25.5 Å². The first-order valence-electron chi connectivity index (χ1n) is 6.97. The smallest absolute Gasteiger partial charge is 0.331 e. The Kier molecular flexibility index (Phi) is 6.09. The molecule has 24 heavy (non-hydrogen) atoms. The molecule has 2 aromatic carbocycles. The van der Waals surface area contributed by atoms with E-state index in [0.717, 1.165) is 6.08 Å². The minimum absolute atomic E-state index is 0.0811. The minimum Gasteiger partial charge on any atom is -0.497 e. The third-order valence-electron chi connectivity index (χ3n) is 3.14. The standard InChI is InChI=1S/C18H14ClFO4/c1-23-13-7-5-12(6-8-13)17(21)11-24-18(22)10-9-14-15(19)3-2-4-16(14)20/h2-10H,11H2,1H3/b10-9+. The van der Waals surface area contributed by atoms with Gasteiger partial charge in [0.2, 0.25) is 0 Å². The van der Waals surface area contributed by atoms with Crippen molar-refractivity contribution in [3.05, 3.63) is 70.5 Å². The number of halogens is 2. The molecule has 0 radical (unpaired) electrons. The largest absolute Gasteiger partial charge is 0.497 e. The highest BCUT2D eigenvalue weighted by atomic mass is 35.5. The van der Waals surface area contributed by atoms with E-state index in [9.17, 15) is 14.0 Å². The third-order valence-corrected chi connectivity index (χ3v) is 3.47. The van der Waals surface area contributed by atoms with E-state index in [1.807, 2.05) is 0 Å². The maximum absolute atomic E-state index is 13.5. The molecule has 0 aliphatic heterocycles. The topological polar surface area (TPSA) is 52.6 Å². The van der Waals surface area contributed by atoms with Crippen LogP contribution in [-0.2, 0) is 9.53 Å². The highest BCUT2D eigenvalue weighted by molar-refractivity contribution is 6.32. The van der Waals surface area contributed by atoms with Gasteiger partial charge in [-0.15, -0.1) is 0 Å². The predicted octanol–water partition coefficient (Wildman–Crippen LogP) is 3.93. The van der Waals surface area contributed by atoms with Gasteiger partial charge in [0.05, 0.1) is 12.1 Å². The average Bonchev–Trinajstić information content (AvgIpc) is 2.59. The lowest BCUT2D eigenvalue weighted by Crippen LogP contribution is -2.12. The number of ketones is 1. The monoisotopic (exact) mass is 348 g/mol. The lowest BCUT2D eigenvalue weighted by Gasteiger charge is -2.04. The average molecular weight is 349 g/mol. The molecule has 2 rings (SSSR count). The second-order valence-electron chi connectivity index (χ2n) is 4.73. The summed E-state index contributed by atoms with van der Waals surface area (Å²) in [5.74, 6) is -1.06. The molecule has 0 saturated carbocycles. The van der Waals surface area contributed by atoms with E-state index in [0.29, 0.717) is 11.3 Å². The van der Waals surface area contributed by atoms with Crippen LogP contribution in [0, 0.1) is 5.82 Å². The normalized spacial score (nSPS) is 10.6. The van der Waals surface area contributed by atoms with Crippen molar-refractivity contribution in [2.45, 2.75) is 0 Å². The van der Waals surface area contributed by atoms with Crippen molar-refractivity contribution in [3.63, 3.8) is 0 Å². The van der Waals surface area contributed by atoms with Gasteiger partial charge in [-0.2, -0.15) is 0 Å². The first-order valence-corrected chi connectivity index (χ1v) is 7.35. The molecule has 4 nitrogen and oxygen atoms in total. The number of rotatable bonds is 6. The van der Waals surface area contributed by atoms with Crippen LogP contribution in [0.5, 0.6) is 5.75 Å². The second-order valence-corrected chi connectivity index (χ2v) is 5.14. The molecule has 0 N–H and O–H groups in total. The van der Waals surface area contributed by atoms with Crippen molar-refractivity contribution in [1.29, 1.82) is 0 Å². The van der Waals surface area contributed by atoms with Crippen LogP contribution in [0.1, 0.15) is 15.9 Å². The molecule has 0 fully saturated rings. The molecular formula is C18H14ClFO4. The van der Waals surface area contributed by atoms with Crippen molar-refractivity contribution in [2.24, 2.45) is 0 Å². The summed E-state index contributed by atoms with van der Waals surface area (Å²) in [6.07, 6.45) is 2.23. The van der Waals surface area contributed by atoms with Gasteiger partial charge in [-0.05, 0) is 42.5 Å². The second kappa shape index (κ2) is 8.26. The summed E-state index contributed by atoms with van der Waals surface area (Å²) in [5, 5.41) is 0.174. The van der Waals surface area contributed by atoms with E-state index >= 15 is 0 Å². The Balaban J connectivity index is 1.92. The van der Waals surface area contributed by atoms with Gasteiger partial charge >= 0.3 is 5.97 Å². The molecule has 0 saturated heterocycles. The first kappa shape index (κ1) is 17.7. The minimum atomic E-state index is -0.767. The fourth-order valence-electron chi connectivity index (χ4n) is 1.87. The van der Waals surface area contributed by atoms with Gasteiger partial charge in [0.15, 0.2) is 12.4 Å². The van der Waals surface area contributed by atoms with Crippen LogP contribution in [0.25, 0.3) is 6.08 Å². The zero-order valence-corrected chi connectivity index (χ0v) is 13.5. The molecule has 0 aliphatic rings. The Morgan fingerprint density at radius 2 is 1.88 bits per heavy atom. The molecular weight excluding hydrogens is 335 g/mol. The first-order chi connectivity index (χ1) is 11.5. The molecule has 0 aliphatic carbocycles. The molecule has 0 spiro atoms. The number of carbonyl (C=O) groups is 2. The number of hydrogen-bond donors (Lipinski definition) is 0. The highest BCUT2D eigenvalue weighted by Crippen LogP contribution is 2.20. The quantitative estimate of drug-likeness (QED) is 0.451. The SMILES string of the molecule is COc1ccc(C(=O)COC(=O)/C=C/c2c(F)cccc2Cl)cc1. The van der Waals surface area contributed by atoms with Crippen LogP contribution in [0.15, 0.2) is 48.5 Å². The van der Waals surface area contributed by atoms with Gasteiger partial charge in [0.25, 0.3) is 0 Å². The van der Waals surface area contributed by atoms with E-state index in [-0.39, 0.29) is 16.4 Å². The van der Waals surface area contributed by atoms with Crippen molar-refractivity contribution >= 4 is 29.4 Å². The van der Waals surface area contributed by atoms with E-state index in [2.05, 4.69) is 0 Å². The van der Waals surface area contributed by atoms with Crippen molar-refractivity contribution in [1.82, 2.24) is 0 Å². The van der Waals surface area contributed by atoms with Crippen molar-refractivity contribution in [2.75, 3.05) is 13.7 Å².